The molecule has 0 aliphatic heterocycles. The number of benzene rings is 2. The van der Waals surface area contributed by atoms with Crippen LogP contribution in [0.1, 0.15) is 11.1 Å². The van der Waals surface area contributed by atoms with Gasteiger partial charge in [-0.15, -0.1) is 0 Å². The van der Waals surface area contributed by atoms with E-state index in [1.807, 2.05) is 61.5 Å². The fourth-order valence-corrected chi connectivity index (χ4v) is 2.79. The fraction of sp³-hybridized carbons (Fsp3) is 0.190. The molecular formula is C21H21N3O4. The highest BCUT2D eigenvalue weighted by Gasteiger charge is 2.15. The first-order valence-corrected chi connectivity index (χ1v) is 8.84. The van der Waals surface area contributed by atoms with Crippen molar-refractivity contribution in [3.63, 3.8) is 0 Å². The van der Waals surface area contributed by atoms with Crippen molar-refractivity contribution in [1.82, 2.24) is 9.55 Å². The molecule has 0 aliphatic rings. The summed E-state index contributed by atoms with van der Waals surface area (Å²) < 4.78 is 6.49. The zero-order chi connectivity index (χ0) is 19.9. The molecule has 0 radical (unpaired) electrons. The Morgan fingerprint density at radius 1 is 1.14 bits per heavy atom. The number of aliphatic hydroxyl groups excluding tert-OH is 1. The summed E-state index contributed by atoms with van der Waals surface area (Å²) in [5, 5.41) is 11.8. The van der Waals surface area contributed by atoms with E-state index in [0.717, 1.165) is 16.7 Å². The molecule has 0 atom stereocenters. The highest BCUT2D eigenvalue weighted by Crippen LogP contribution is 2.20. The minimum atomic E-state index is -0.748. The minimum absolute atomic E-state index is 0.0103. The molecule has 7 nitrogen and oxygen atoms in total. The Kier molecular flexibility index (Phi) is 6.18. The van der Waals surface area contributed by atoms with Crippen LogP contribution in [0.3, 0.4) is 0 Å². The molecule has 144 valence electrons. The van der Waals surface area contributed by atoms with E-state index < -0.39 is 11.7 Å². The third-order valence-electron chi connectivity index (χ3n) is 4.21. The van der Waals surface area contributed by atoms with Crippen molar-refractivity contribution in [3.8, 4) is 11.4 Å². The van der Waals surface area contributed by atoms with E-state index in [1.54, 1.807) is 0 Å². The first kappa shape index (κ1) is 19.3. The monoisotopic (exact) mass is 379 g/mol. The van der Waals surface area contributed by atoms with Crippen molar-refractivity contribution in [3.05, 3.63) is 82.3 Å². The molecule has 1 amide bonds. The van der Waals surface area contributed by atoms with Crippen molar-refractivity contribution < 1.29 is 14.6 Å². The summed E-state index contributed by atoms with van der Waals surface area (Å²) in [6.45, 7) is 1.83. The maximum Gasteiger partial charge on any atom is 0.412 e. The number of carbonyl (C=O) groups excluding carboxylic acids is 1. The molecule has 2 N–H and O–H groups in total. The number of nitrogens with one attached hydrogen (secondary N) is 1. The number of aryl methyl sites for hydroxylation is 1. The van der Waals surface area contributed by atoms with Crippen LogP contribution in [0.15, 0.2) is 65.6 Å². The van der Waals surface area contributed by atoms with E-state index in [9.17, 15) is 14.7 Å². The van der Waals surface area contributed by atoms with Crippen LogP contribution < -0.4 is 10.9 Å². The summed E-state index contributed by atoms with van der Waals surface area (Å²) in [5.74, 6) is 0.431. The van der Waals surface area contributed by atoms with Crippen LogP contribution in [0, 0.1) is 6.92 Å². The minimum Gasteiger partial charge on any atom is -0.444 e. The molecule has 1 aromatic heterocycles. The second-order valence-electron chi connectivity index (χ2n) is 6.18. The van der Waals surface area contributed by atoms with Crippen molar-refractivity contribution in [2.45, 2.75) is 20.1 Å². The maximum absolute atomic E-state index is 12.8. The van der Waals surface area contributed by atoms with Crippen LogP contribution in [0.5, 0.6) is 0 Å². The third kappa shape index (κ3) is 4.44. The van der Waals surface area contributed by atoms with Gasteiger partial charge in [-0.1, -0.05) is 54.6 Å². The predicted octanol–water partition coefficient (Wildman–Crippen LogP) is 2.96. The molecule has 2 aromatic carbocycles. The molecule has 0 spiro atoms. The highest BCUT2D eigenvalue weighted by molar-refractivity contribution is 5.84. The van der Waals surface area contributed by atoms with Gasteiger partial charge in [-0.25, -0.2) is 9.78 Å². The quantitative estimate of drug-likeness (QED) is 0.687. The molecule has 1 heterocycles. The van der Waals surface area contributed by atoms with Gasteiger partial charge in [-0.05, 0) is 18.1 Å². The van der Waals surface area contributed by atoms with Crippen LogP contribution in [0.25, 0.3) is 11.4 Å². The smallest absolute Gasteiger partial charge is 0.412 e. The van der Waals surface area contributed by atoms with Gasteiger partial charge in [0.05, 0.1) is 19.3 Å². The van der Waals surface area contributed by atoms with Gasteiger partial charge in [-0.3, -0.25) is 14.7 Å². The van der Waals surface area contributed by atoms with Crippen LogP contribution in [0.4, 0.5) is 10.5 Å². The Balaban J connectivity index is 1.82. The third-order valence-corrected chi connectivity index (χ3v) is 4.21. The summed E-state index contributed by atoms with van der Waals surface area (Å²) in [7, 11) is 0. The van der Waals surface area contributed by atoms with Crippen molar-refractivity contribution in [2.24, 2.45) is 0 Å². The number of nitrogens with zero attached hydrogens (tertiary/aromatic N) is 2. The summed E-state index contributed by atoms with van der Waals surface area (Å²) in [5.41, 5.74) is 2.10. The molecule has 7 heteroatoms. The van der Waals surface area contributed by atoms with Gasteiger partial charge < -0.3 is 9.84 Å². The number of aliphatic hydroxyl groups is 1. The highest BCUT2D eigenvalue weighted by atomic mass is 16.5. The molecule has 0 unspecified atom stereocenters. The van der Waals surface area contributed by atoms with Gasteiger partial charge in [0.2, 0.25) is 0 Å². The van der Waals surface area contributed by atoms with Crippen molar-refractivity contribution in [1.29, 1.82) is 0 Å². The number of ether oxygens (including phenoxy) is 1. The van der Waals surface area contributed by atoms with Crippen LogP contribution >= 0.6 is 0 Å². The number of rotatable bonds is 6. The lowest BCUT2D eigenvalue weighted by molar-refractivity contribution is 0.155. The summed E-state index contributed by atoms with van der Waals surface area (Å²) in [4.78, 5) is 29.2. The second-order valence-corrected chi connectivity index (χ2v) is 6.18. The molecular weight excluding hydrogens is 358 g/mol. The van der Waals surface area contributed by atoms with E-state index in [-0.39, 0.29) is 25.4 Å². The summed E-state index contributed by atoms with van der Waals surface area (Å²) in [6, 6.07) is 16.7. The zero-order valence-electron chi connectivity index (χ0n) is 15.5. The van der Waals surface area contributed by atoms with Crippen LogP contribution in [0.2, 0.25) is 0 Å². The molecule has 0 bridgehead atoms. The van der Waals surface area contributed by atoms with Gasteiger partial charge in [0.15, 0.2) is 0 Å². The van der Waals surface area contributed by atoms with Crippen molar-refractivity contribution >= 4 is 11.8 Å². The Morgan fingerprint density at radius 2 is 1.86 bits per heavy atom. The zero-order valence-corrected chi connectivity index (χ0v) is 15.5. The lowest BCUT2D eigenvalue weighted by atomic mass is 10.1. The Hall–Kier alpha value is -3.45. The van der Waals surface area contributed by atoms with Crippen LogP contribution in [-0.4, -0.2) is 27.4 Å². The van der Waals surface area contributed by atoms with E-state index in [2.05, 4.69) is 10.3 Å². The van der Waals surface area contributed by atoms with Gasteiger partial charge in [-0.2, -0.15) is 0 Å². The molecule has 28 heavy (non-hydrogen) atoms. The Bertz CT molecular complexity index is 1020. The summed E-state index contributed by atoms with van der Waals surface area (Å²) >= 11 is 0. The molecule has 0 saturated carbocycles. The average molecular weight is 379 g/mol. The number of hydrogen-bond donors (Lipinski definition) is 2. The second kappa shape index (κ2) is 8.96. The Labute approximate surface area is 162 Å². The molecule has 0 saturated heterocycles. The predicted molar refractivity (Wildman–Crippen MR) is 106 cm³/mol. The normalized spacial score (nSPS) is 10.5. The SMILES string of the molecule is Cc1ccccc1-c1ncc(NC(=O)OCc2ccccc2)c(=O)n1CCO. The number of anilines is 1. The van der Waals surface area contributed by atoms with E-state index in [1.165, 1.54) is 10.8 Å². The number of hydrogen-bond acceptors (Lipinski definition) is 5. The number of aromatic nitrogens is 2. The molecule has 3 rings (SSSR count). The van der Waals surface area contributed by atoms with Crippen molar-refractivity contribution in [2.75, 3.05) is 11.9 Å². The van der Waals surface area contributed by atoms with Gasteiger partial charge >= 0.3 is 6.09 Å². The van der Waals surface area contributed by atoms with E-state index >= 15 is 0 Å². The van der Waals surface area contributed by atoms with Gasteiger partial charge in [0.25, 0.3) is 5.56 Å². The Morgan fingerprint density at radius 3 is 2.57 bits per heavy atom. The number of amides is 1. The molecule has 0 aliphatic carbocycles. The molecule has 0 fully saturated rings. The lowest BCUT2D eigenvalue weighted by Gasteiger charge is -2.14. The van der Waals surface area contributed by atoms with E-state index in [0.29, 0.717) is 5.82 Å². The first-order valence-electron chi connectivity index (χ1n) is 8.84. The largest absolute Gasteiger partial charge is 0.444 e. The van der Waals surface area contributed by atoms with Gasteiger partial charge in [0, 0.05) is 5.56 Å². The maximum atomic E-state index is 12.8. The standard InChI is InChI=1S/C21H21N3O4/c1-15-7-5-6-10-17(15)19-22-13-18(20(26)24(19)11-12-25)23-21(27)28-14-16-8-3-2-4-9-16/h2-10,13,25H,11-12,14H2,1H3,(H,23,27). The van der Waals surface area contributed by atoms with Crippen LogP contribution in [-0.2, 0) is 17.9 Å². The van der Waals surface area contributed by atoms with Gasteiger partial charge in [0.1, 0.15) is 18.1 Å². The topological polar surface area (TPSA) is 93.5 Å². The van der Waals surface area contributed by atoms with E-state index in [4.69, 9.17) is 4.74 Å². The summed E-state index contributed by atoms with van der Waals surface area (Å²) in [6.07, 6.45) is 0.559. The fourth-order valence-electron chi connectivity index (χ4n) is 2.79. The number of carbonyl (C=O) groups is 1. The average Bonchev–Trinajstić information content (AvgIpc) is 2.71. The lowest BCUT2D eigenvalue weighted by Crippen LogP contribution is -2.29. The molecule has 3 aromatic rings. The first-order chi connectivity index (χ1) is 13.6.